The van der Waals surface area contributed by atoms with E-state index < -0.39 is 11.6 Å². The summed E-state index contributed by atoms with van der Waals surface area (Å²) >= 11 is 0. The van der Waals surface area contributed by atoms with Crippen molar-refractivity contribution in [3.8, 4) is 0 Å². The molecule has 0 radical (unpaired) electrons. The number of benzene rings is 1. The van der Waals surface area contributed by atoms with Gasteiger partial charge in [0.05, 0.1) is 30.1 Å². The van der Waals surface area contributed by atoms with E-state index in [1.807, 2.05) is 0 Å². The molecule has 0 saturated heterocycles. The molecule has 0 saturated carbocycles. The van der Waals surface area contributed by atoms with Crippen LogP contribution in [-0.2, 0) is 25.1 Å². The third-order valence-electron chi connectivity index (χ3n) is 4.71. The second-order valence-corrected chi connectivity index (χ2v) is 6.54. The number of aromatic carboxylic acids is 1. The Bertz CT molecular complexity index is 731. The topological polar surface area (TPSA) is 88.2 Å². The number of carbonyl (C=O) groups is 1. The summed E-state index contributed by atoms with van der Waals surface area (Å²) in [6.45, 7) is 0.0884. The van der Waals surface area contributed by atoms with Crippen LogP contribution in [0.2, 0.25) is 0 Å². The van der Waals surface area contributed by atoms with Crippen LogP contribution in [0.15, 0.2) is 24.3 Å². The molecule has 134 valence electrons. The number of halogens is 1. The van der Waals surface area contributed by atoms with Crippen molar-refractivity contribution in [1.82, 2.24) is 15.0 Å². The number of alkyl halides is 1. The van der Waals surface area contributed by atoms with Gasteiger partial charge in [-0.1, -0.05) is 23.8 Å². The number of nitrogens with zero attached hydrogens (tertiary/aromatic N) is 3. The Kier molecular flexibility index (Phi) is 5.13. The third kappa shape index (κ3) is 3.71. The molecule has 0 aliphatic heterocycles. The number of aromatic nitrogens is 3. The first-order valence-corrected chi connectivity index (χ1v) is 8.58. The maximum absolute atomic E-state index is 16.1. The second kappa shape index (κ2) is 7.31. The molecule has 1 aliphatic carbocycles. The van der Waals surface area contributed by atoms with E-state index in [9.17, 15) is 9.90 Å². The quantitative estimate of drug-likeness (QED) is 0.867. The van der Waals surface area contributed by atoms with E-state index >= 15 is 4.39 Å². The summed E-state index contributed by atoms with van der Waals surface area (Å²) < 4.78 is 17.5. The van der Waals surface area contributed by atoms with E-state index in [1.54, 1.807) is 12.1 Å². The van der Waals surface area contributed by atoms with Crippen molar-refractivity contribution in [3.05, 3.63) is 46.8 Å². The van der Waals surface area contributed by atoms with E-state index in [1.165, 1.54) is 16.8 Å². The van der Waals surface area contributed by atoms with Gasteiger partial charge >= 0.3 is 5.97 Å². The van der Waals surface area contributed by atoms with Gasteiger partial charge in [-0.15, -0.1) is 5.10 Å². The van der Waals surface area contributed by atoms with Crippen LogP contribution in [0.25, 0.3) is 0 Å². The summed E-state index contributed by atoms with van der Waals surface area (Å²) in [5, 5.41) is 26.4. The van der Waals surface area contributed by atoms with Gasteiger partial charge < -0.3 is 10.2 Å². The molecule has 3 rings (SSSR count). The lowest BCUT2D eigenvalue weighted by Gasteiger charge is -2.28. The number of carboxylic acids is 1. The maximum atomic E-state index is 16.1. The zero-order valence-electron chi connectivity index (χ0n) is 14.0. The van der Waals surface area contributed by atoms with Crippen LogP contribution in [0.1, 0.15) is 53.0 Å². The Morgan fingerprint density at radius 1 is 1.24 bits per heavy atom. The lowest BCUT2D eigenvalue weighted by Crippen LogP contribution is -2.30. The van der Waals surface area contributed by atoms with Crippen molar-refractivity contribution in [1.29, 1.82) is 0 Å². The molecule has 7 heteroatoms. The highest BCUT2D eigenvalue weighted by Gasteiger charge is 2.39. The molecule has 1 aliphatic rings. The number of aryl methyl sites for hydroxylation is 1. The number of hydrogen-bond acceptors (Lipinski definition) is 4. The smallest absolute Gasteiger partial charge is 0.335 e. The Morgan fingerprint density at radius 3 is 2.68 bits per heavy atom. The number of aliphatic hydroxyl groups is 1. The van der Waals surface area contributed by atoms with Gasteiger partial charge in [0.2, 0.25) is 0 Å². The van der Waals surface area contributed by atoms with Crippen molar-refractivity contribution in [2.24, 2.45) is 0 Å². The summed E-state index contributed by atoms with van der Waals surface area (Å²) in [7, 11) is 0. The zero-order valence-corrected chi connectivity index (χ0v) is 14.0. The van der Waals surface area contributed by atoms with Gasteiger partial charge in [-0.05, 0) is 43.4 Å². The van der Waals surface area contributed by atoms with Crippen LogP contribution < -0.4 is 0 Å². The molecule has 1 atom stereocenters. The summed E-state index contributed by atoms with van der Waals surface area (Å²) in [6, 6.07) is 6.30. The minimum absolute atomic E-state index is 0.126. The van der Waals surface area contributed by atoms with Crippen LogP contribution in [0, 0.1) is 0 Å². The fourth-order valence-corrected chi connectivity index (χ4v) is 3.51. The van der Waals surface area contributed by atoms with Gasteiger partial charge in [0.1, 0.15) is 0 Å². The van der Waals surface area contributed by atoms with Gasteiger partial charge in [0.15, 0.2) is 5.67 Å². The van der Waals surface area contributed by atoms with Gasteiger partial charge in [-0.2, -0.15) is 0 Å². The molecule has 25 heavy (non-hydrogen) atoms. The highest BCUT2D eigenvalue weighted by molar-refractivity contribution is 5.87. The first-order chi connectivity index (χ1) is 12.0. The lowest BCUT2D eigenvalue weighted by molar-refractivity contribution is 0.0697. The fraction of sp³-hybridized carbons (Fsp3) is 0.500. The van der Waals surface area contributed by atoms with E-state index in [4.69, 9.17) is 5.11 Å². The van der Waals surface area contributed by atoms with Gasteiger partial charge in [-0.3, -0.25) is 0 Å². The van der Waals surface area contributed by atoms with Crippen molar-refractivity contribution in [3.63, 3.8) is 0 Å². The molecule has 2 aromatic rings. The number of hydrogen-bond donors (Lipinski definition) is 2. The molecule has 0 fully saturated rings. The van der Waals surface area contributed by atoms with Crippen molar-refractivity contribution in [2.45, 2.75) is 50.7 Å². The Hall–Kier alpha value is -2.28. The SMILES string of the molecule is O=C(O)c1ccc(CC2(F)CCCCCc3nnn(CCO)c32)cc1. The molecule has 1 unspecified atom stereocenters. The fourth-order valence-electron chi connectivity index (χ4n) is 3.51. The predicted molar refractivity (Wildman–Crippen MR) is 89.2 cm³/mol. The molecule has 1 aromatic carbocycles. The third-order valence-corrected chi connectivity index (χ3v) is 4.71. The molecule has 6 nitrogen and oxygen atoms in total. The number of fused-ring (bicyclic) bond motifs is 1. The minimum Gasteiger partial charge on any atom is -0.478 e. The van der Waals surface area contributed by atoms with Gasteiger partial charge in [0.25, 0.3) is 0 Å². The molecule has 0 amide bonds. The van der Waals surface area contributed by atoms with Crippen LogP contribution in [0.4, 0.5) is 4.39 Å². The summed E-state index contributed by atoms with van der Waals surface area (Å²) in [5.74, 6) is -1.00. The highest BCUT2D eigenvalue weighted by Crippen LogP contribution is 2.39. The minimum atomic E-state index is -1.63. The number of rotatable bonds is 5. The van der Waals surface area contributed by atoms with Gasteiger partial charge in [-0.25, -0.2) is 13.9 Å². The summed E-state index contributed by atoms with van der Waals surface area (Å²) in [5.41, 5.74) is 0.415. The van der Waals surface area contributed by atoms with E-state index in [2.05, 4.69) is 10.3 Å². The highest BCUT2D eigenvalue weighted by atomic mass is 19.1. The van der Waals surface area contributed by atoms with E-state index in [-0.39, 0.29) is 25.1 Å². The zero-order chi connectivity index (χ0) is 17.9. The lowest BCUT2D eigenvalue weighted by atomic mass is 9.84. The molecular weight excluding hydrogens is 325 g/mol. The molecule has 1 aromatic heterocycles. The Balaban J connectivity index is 1.95. The summed E-state index contributed by atoms with van der Waals surface area (Å²) in [6.07, 6.45) is 3.85. The largest absolute Gasteiger partial charge is 0.478 e. The molecule has 0 spiro atoms. The second-order valence-electron chi connectivity index (χ2n) is 6.54. The Labute approximate surface area is 145 Å². The monoisotopic (exact) mass is 347 g/mol. The van der Waals surface area contributed by atoms with Crippen LogP contribution in [0.3, 0.4) is 0 Å². The van der Waals surface area contributed by atoms with Crippen LogP contribution in [0.5, 0.6) is 0 Å². The van der Waals surface area contributed by atoms with Crippen molar-refractivity contribution < 1.29 is 19.4 Å². The van der Waals surface area contributed by atoms with Crippen LogP contribution in [-0.4, -0.2) is 37.8 Å². The first-order valence-electron chi connectivity index (χ1n) is 8.58. The maximum Gasteiger partial charge on any atom is 0.335 e. The van der Waals surface area contributed by atoms with E-state index in [0.29, 0.717) is 24.2 Å². The van der Waals surface area contributed by atoms with Crippen molar-refractivity contribution >= 4 is 5.97 Å². The van der Waals surface area contributed by atoms with Crippen LogP contribution >= 0.6 is 0 Å². The predicted octanol–water partition coefficient (Wildman–Crippen LogP) is 2.49. The number of aliphatic hydroxyl groups excluding tert-OH is 1. The van der Waals surface area contributed by atoms with Crippen molar-refractivity contribution in [2.75, 3.05) is 6.61 Å². The number of carboxylic acid groups (broad SMARTS) is 1. The average Bonchev–Trinajstić information content (AvgIpc) is 2.97. The standard InChI is InChI=1S/C18H22FN3O3/c19-18(12-13-5-7-14(8-6-13)17(24)25)9-3-1-2-4-15-16(18)22(10-11-23)21-20-15/h5-8,23H,1-4,9-12H2,(H,24,25). The van der Waals surface area contributed by atoms with Gasteiger partial charge in [0, 0.05) is 6.42 Å². The molecule has 2 N–H and O–H groups in total. The average molecular weight is 347 g/mol. The normalized spacial score (nSPS) is 20.6. The molecule has 1 heterocycles. The Morgan fingerprint density at radius 2 is 2.00 bits per heavy atom. The molecule has 0 bridgehead atoms. The molecular formula is C18H22FN3O3. The van der Waals surface area contributed by atoms with E-state index in [0.717, 1.165) is 24.8 Å². The first kappa shape index (κ1) is 17.5. The summed E-state index contributed by atoms with van der Waals surface area (Å²) in [4.78, 5) is 11.0.